The third kappa shape index (κ3) is 4.56. The number of imidazole rings is 1. The third-order valence-corrected chi connectivity index (χ3v) is 4.38. The van der Waals surface area contributed by atoms with Crippen LogP contribution in [0, 0.1) is 6.92 Å². The molecule has 0 spiro atoms. The van der Waals surface area contributed by atoms with E-state index in [0.29, 0.717) is 12.1 Å². The molecule has 3 rings (SSSR count). The number of benzene rings is 1. The Kier molecular flexibility index (Phi) is 5.58. The summed E-state index contributed by atoms with van der Waals surface area (Å²) in [6.45, 7) is 1.86. The fourth-order valence-electron chi connectivity index (χ4n) is 2.94. The quantitative estimate of drug-likeness (QED) is 0.711. The standard InChI is InChI=1S/C20H19F3N4O2/c1-13-6-7-17(18(28)24-9-8-15-11-26(2)12-25-15)19(29)27(13)16-5-3-4-14(10-16)20(21,22)23/h3-7,10-12H,8-9H2,1-2H3,(H,24,28). The van der Waals surface area contributed by atoms with Crippen LogP contribution in [-0.4, -0.2) is 26.6 Å². The number of pyridine rings is 1. The highest BCUT2D eigenvalue weighted by Gasteiger charge is 2.30. The fraction of sp³-hybridized carbons (Fsp3) is 0.250. The van der Waals surface area contributed by atoms with E-state index in [2.05, 4.69) is 10.3 Å². The molecule has 0 unspecified atom stereocenters. The van der Waals surface area contributed by atoms with Gasteiger partial charge in [0.25, 0.3) is 11.5 Å². The van der Waals surface area contributed by atoms with Crippen molar-refractivity contribution in [2.24, 2.45) is 7.05 Å². The molecule has 0 aliphatic carbocycles. The molecule has 152 valence electrons. The number of rotatable bonds is 5. The lowest BCUT2D eigenvalue weighted by molar-refractivity contribution is -0.137. The van der Waals surface area contributed by atoms with Crippen molar-refractivity contribution in [2.45, 2.75) is 19.5 Å². The molecule has 3 aromatic rings. The second-order valence-electron chi connectivity index (χ2n) is 6.61. The zero-order chi connectivity index (χ0) is 21.2. The summed E-state index contributed by atoms with van der Waals surface area (Å²) in [7, 11) is 1.83. The molecule has 0 aliphatic heterocycles. The Hall–Kier alpha value is -3.36. The van der Waals surface area contributed by atoms with Crippen molar-refractivity contribution in [3.8, 4) is 5.69 Å². The van der Waals surface area contributed by atoms with Crippen molar-refractivity contribution in [3.05, 3.63) is 81.8 Å². The molecule has 1 aromatic carbocycles. The van der Waals surface area contributed by atoms with E-state index in [1.54, 1.807) is 17.8 Å². The van der Waals surface area contributed by atoms with E-state index in [9.17, 15) is 22.8 Å². The zero-order valence-electron chi connectivity index (χ0n) is 15.8. The summed E-state index contributed by atoms with van der Waals surface area (Å²) < 4.78 is 41.9. The molecule has 2 heterocycles. The van der Waals surface area contributed by atoms with Crippen molar-refractivity contribution >= 4 is 5.91 Å². The summed E-state index contributed by atoms with van der Waals surface area (Å²) in [5.74, 6) is -0.591. The summed E-state index contributed by atoms with van der Waals surface area (Å²) in [5, 5.41) is 2.65. The molecule has 1 N–H and O–H groups in total. The Morgan fingerprint density at radius 2 is 1.97 bits per heavy atom. The molecule has 0 fully saturated rings. The average Bonchev–Trinajstić information content (AvgIpc) is 3.06. The smallest absolute Gasteiger partial charge is 0.351 e. The summed E-state index contributed by atoms with van der Waals surface area (Å²) in [5.41, 5.74) is -0.442. The summed E-state index contributed by atoms with van der Waals surface area (Å²) in [6, 6.07) is 7.33. The minimum atomic E-state index is -4.53. The van der Waals surface area contributed by atoms with E-state index in [-0.39, 0.29) is 17.8 Å². The van der Waals surface area contributed by atoms with Gasteiger partial charge in [0.2, 0.25) is 0 Å². The van der Waals surface area contributed by atoms with E-state index in [0.717, 1.165) is 22.4 Å². The number of nitrogens with zero attached hydrogens (tertiary/aromatic N) is 3. The van der Waals surface area contributed by atoms with Crippen molar-refractivity contribution in [1.29, 1.82) is 0 Å². The molecule has 9 heteroatoms. The number of carbonyl (C=O) groups excluding carboxylic acids is 1. The highest BCUT2D eigenvalue weighted by molar-refractivity contribution is 5.93. The van der Waals surface area contributed by atoms with Crippen molar-refractivity contribution in [1.82, 2.24) is 19.4 Å². The number of alkyl halides is 3. The maximum absolute atomic E-state index is 13.0. The lowest BCUT2D eigenvalue weighted by Gasteiger charge is -2.14. The van der Waals surface area contributed by atoms with Crippen LogP contribution in [0.1, 0.15) is 27.3 Å². The number of carbonyl (C=O) groups is 1. The van der Waals surface area contributed by atoms with E-state index >= 15 is 0 Å². The van der Waals surface area contributed by atoms with Crippen LogP contribution >= 0.6 is 0 Å². The Balaban J connectivity index is 1.85. The van der Waals surface area contributed by atoms with Crippen LogP contribution in [0.15, 0.2) is 53.7 Å². The second kappa shape index (κ2) is 7.94. The molecule has 29 heavy (non-hydrogen) atoms. The number of hydrogen-bond donors (Lipinski definition) is 1. The average molecular weight is 404 g/mol. The molecular weight excluding hydrogens is 385 g/mol. The molecule has 0 radical (unpaired) electrons. The number of nitrogens with one attached hydrogen (secondary N) is 1. The first-order valence-corrected chi connectivity index (χ1v) is 8.82. The Bertz CT molecular complexity index is 1100. The molecule has 0 saturated heterocycles. The first-order valence-electron chi connectivity index (χ1n) is 8.82. The van der Waals surface area contributed by atoms with Crippen LogP contribution in [-0.2, 0) is 19.6 Å². The van der Waals surface area contributed by atoms with Crippen molar-refractivity contribution < 1.29 is 18.0 Å². The van der Waals surface area contributed by atoms with Gasteiger partial charge < -0.3 is 9.88 Å². The largest absolute Gasteiger partial charge is 0.416 e. The molecule has 0 saturated carbocycles. The Morgan fingerprint density at radius 1 is 1.21 bits per heavy atom. The first kappa shape index (κ1) is 20.4. The van der Waals surface area contributed by atoms with Crippen LogP contribution < -0.4 is 10.9 Å². The van der Waals surface area contributed by atoms with E-state index in [1.807, 2.05) is 13.2 Å². The summed E-state index contributed by atoms with van der Waals surface area (Å²) in [6.07, 6.45) is -0.586. The van der Waals surface area contributed by atoms with Gasteiger partial charge in [-0.05, 0) is 37.3 Å². The van der Waals surface area contributed by atoms with Gasteiger partial charge in [0.15, 0.2) is 0 Å². The molecule has 6 nitrogen and oxygen atoms in total. The van der Waals surface area contributed by atoms with Gasteiger partial charge in [-0.3, -0.25) is 14.2 Å². The minimum absolute atomic E-state index is 0.0467. The molecule has 0 bridgehead atoms. The predicted octanol–water partition coefficient (Wildman–Crippen LogP) is 2.87. The topological polar surface area (TPSA) is 68.9 Å². The van der Waals surface area contributed by atoms with Gasteiger partial charge in [0.05, 0.1) is 17.6 Å². The van der Waals surface area contributed by atoms with Gasteiger partial charge in [-0.1, -0.05) is 6.07 Å². The van der Waals surface area contributed by atoms with E-state index in [4.69, 9.17) is 0 Å². The third-order valence-electron chi connectivity index (χ3n) is 4.38. The highest BCUT2D eigenvalue weighted by Crippen LogP contribution is 2.30. The van der Waals surface area contributed by atoms with Gasteiger partial charge >= 0.3 is 6.18 Å². The maximum atomic E-state index is 13.0. The Morgan fingerprint density at radius 3 is 2.62 bits per heavy atom. The fourth-order valence-corrected chi connectivity index (χ4v) is 2.94. The van der Waals surface area contributed by atoms with Crippen LogP contribution in [0.4, 0.5) is 13.2 Å². The normalized spacial score (nSPS) is 11.5. The van der Waals surface area contributed by atoms with Gasteiger partial charge in [0.1, 0.15) is 5.56 Å². The van der Waals surface area contributed by atoms with E-state index < -0.39 is 23.2 Å². The van der Waals surface area contributed by atoms with Gasteiger partial charge in [-0.2, -0.15) is 13.2 Å². The molecular formula is C20H19F3N4O2. The lowest BCUT2D eigenvalue weighted by Crippen LogP contribution is -2.34. The SMILES string of the molecule is Cc1ccc(C(=O)NCCc2cn(C)cn2)c(=O)n1-c1cccc(C(F)(F)F)c1. The van der Waals surface area contributed by atoms with E-state index in [1.165, 1.54) is 24.3 Å². The first-order chi connectivity index (χ1) is 13.7. The summed E-state index contributed by atoms with van der Waals surface area (Å²) in [4.78, 5) is 29.4. The molecule has 0 aliphatic rings. The van der Waals surface area contributed by atoms with Gasteiger partial charge in [-0.15, -0.1) is 0 Å². The molecule has 2 aromatic heterocycles. The zero-order valence-corrected chi connectivity index (χ0v) is 15.8. The monoisotopic (exact) mass is 404 g/mol. The lowest BCUT2D eigenvalue weighted by atomic mass is 10.1. The van der Waals surface area contributed by atoms with Crippen molar-refractivity contribution in [2.75, 3.05) is 6.54 Å². The van der Waals surface area contributed by atoms with Crippen LogP contribution in [0.3, 0.4) is 0 Å². The number of aromatic nitrogens is 3. The number of hydrogen-bond acceptors (Lipinski definition) is 3. The number of halogens is 3. The van der Waals surface area contributed by atoms with Crippen LogP contribution in [0.5, 0.6) is 0 Å². The highest BCUT2D eigenvalue weighted by atomic mass is 19.4. The Labute approximate surface area is 164 Å². The van der Waals surface area contributed by atoms with Crippen LogP contribution in [0.25, 0.3) is 5.69 Å². The molecule has 1 amide bonds. The minimum Gasteiger partial charge on any atom is -0.351 e. The molecule has 0 atom stereocenters. The van der Waals surface area contributed by atoms with Crippen LogP contribution in [0.2, 0.25) is 0 Å². The summed E-state index contributed by atoms with van der Waals surface area (Å²) >= 11 is 0. The predicted molar refractivity (Wildman–Crippen MR) is 101 cm³/mol. The van der Waals surface area contributed by atoms with Crippen molar-refractivity contribution in [3.63, 3.8) is 0 Å². The van der Waals surface area contributed by atoms with Gasteiger partial charge in [-0.25, -0.2) is 4.98 Å². The second-order valence-corrected chi connectivity index (χ2v) is 6.61. The maximum Gasteiger partial charge on any atom is 0.416 e. The van der Waals surface area contributed by atoms with Gasteiger partial charge in [0, 0.05) is 37.6 Å². The number of amides is 1. The number of aryl methyl sites for hydroxylation is 2.